The fraction of sp³-hybridized carbons (Fsp3) is 0.500. The van der Waals surface area contributed by atoms with Gasteiger partial charge in [0.05, 0.1) is 17.4 Å². The van der Waals surface area contributed by atoms with Crippen LogP contribution in [0.4, 0.5) is 11.4 Å². The molecule has 0 radical (unpaired) electrons. The molecule has 0 spiro atoms. The molecule has 0 aromatic heterocycles. The molecule has 1 aliphatic carbocycles. The molecule has 3 atom stereocenters. The minimum absolute atomic E-state index is 0.379. The highest BCUT2D eigenvalue weighted by molar-refractivity contribution is 7.99. The zero-order chi connectivity index (χ0) is 21.7. The average molecular weight is 467 g/mol. The number of benzene rings is 2. The van der Waals surface area contributed by atoms with E-state index in [0.717, 1.165) is 17.4 Å². The lowest BCUT2D eigenvalue weighted by atomic mass is 9.92. The normalized spacial score (nSPS) is 25.6. The highest BCUT2D eigenvalue weighted by atomic mass is 35.5. The molecule has 0 amide bonds. The van der Waals surface area contributed by atoms with E-state index in [1.807, 2.05) is 17.8 Å². The zero-order valence-corrected chi connectivity index (χ0v) is 20.3. The van der Waals surface area contributed by atoms with Gasteiger partial charge in [-0.1, -0.05) is 42.3 Å². The Morgan fingerprint density at radius 3 is 2.72 bits per heavy atom. The van der Waals surface area contributed by atoms with Crippen LogP contribution in [0.15, 0.2) is 51.2 Å². The summed E-state index contributed by atoms with van der Waals surface area (Å²) in [5.74, 6) is 1.09. The molecule has 1 saturated carbocycles. The van der Waals surface area contributed by atoms with Gasteiger partial charge in [-0.25, -0.2) is 0 Å². The molecule has 4 aliphatic rings. The predicted molar refractivity (Wildman–Crippen MR) is 135 cm³/mol. The first-order chi connectivity index (χ1) is 15.7. The summed E-state index contributed by atoms with van der Waals surface area (Å²) in [5.41, 5.74) is 3.79. The van der Waals surface area contributed by atoms with Crippen molar-refractivity contribution >= 4 is 40.6 Å². The molecule has 3 heterocycles. The van der Waals surface area contributed by atoms with E-state index in [1.165, 1.54) is 78.3 Å². The van der Waals surface area contributed by atoms with Crippen molar-refractivity contribution in [2.45, 2.75) is 73.4 Å². The van der Waals surface area contributed by atoms with Crippen LogP contribution in [0.1, 0.15) is 51.0 Å². The molecule has 3 aliphatic heterocycles. The Morgan fingerprint density at radius 2 is 1.88 bits per heavy atom. The molecular formula is C26H31ClN4S. The molecule has 4 nitrogen and oxygen atoms in total. The monoisotopic (exact) mass is 466 g/mol. The van der Waals surface area contributed by atoms with Gasteiger partial charge in [-0.3, -0.25) is 4.99 Å². The van der Waals surface area contributed by atoms with Crippen molar-refractivity contribution in [3.8, 4) is 0 Å². The lowest BCUT2D eigenvalue weighted by molar-refractivity contribution is 0.319. The topological polar surface area (TPSA) is 30.9 Å². The highest BCUT2D eigenvalue weighted by Gasteiger charge is 2.33. The number of halogens is 1. The van der Waals surface area contributed by atoms with Crippen molar-refractivity contribution in [2.75, 3.05) is 24.5 Å². The number of likely N-dealkylation sites (tertiary alicyclic amines) is 1. The third-order valence-corrected chi connectivity index (χ3v) is 8.75. The smallest absolute Gasteiger partial charge is 0.128 e. The van der Waals surface area contributed by atoms with Crippen LogP contribution >= 0.6 is 23.4 Å². The Morgan fingerprint density at radius 1 is 1.03 bits per heavy atom. The Bertz CT molecular complexity index is 1050. The van der Waals surface area contributed by atoms with Gasteiger partial charge in [0, 0.05) is 39.0 Å². The molecule has 32 heavy (non-hydrogen) atoms. The van der Waals surface area contributed by atoms with E-state index >= 15 is 0 Å². The van der Waals surface area contributed by atoms with Gasteiger partial charge < -0.3 is 15.1 Å². The highest BCUT2D eigenvalue weighted by Crippen LogP contribution is 2.50. The van der Waals surface area contributed by atoms with Crippen LogP contribution in [-0.4, -0.2) is 48.5 Å². The van der Waals surface area contributed by atoms with Gasteiger partial charge in [0.2, 0.25) is 0 Å². The SMILES string of the molecule is CC(CN1CCCC1)N1c2ccc(Cl)cc2Sc2ccc(C3=NC4CCCCC4N3)cc21. The number of nitrogens with one attached hydrogen (secondary N) is 1. The van der Waals surface area contributed by atoms with Crippen LogP contribution < -0.4 is 10.2 Å². The minimum Gasteiger partial charge on any atom is -0.365 e. The lowest BCUT2D eigenvalue weighted by Crippen LogP contribution is -2.40. The van der Waals surface area contributed by atoms with E-state index in [-0.39, 0.29) is 0 Å². The molecule has 2 aromatic rings. The van der Waals surface area contributed by atoms with Crippen LogP contribution in [0.2, 0.25) is 5.02 Å². The number of hydrogen-bond acceptors (Lipinski definition) is 5. The van der Waals surface area contributed by atoms with Crippen molar-refractivity contribution in [2.24, 2.45) is 4.99 Å². The van der Waals surface area contributed by atoms with Gasteiger partial charge in [-0.2, -0.15) is 0 Å². The third-order valence-electron chi connectivity index (χ3n) is 7.40. The summed E-state index contributed by atoms with van der Waals surface area (Å²) in [4.78, 5) is 12.8. The van der Waals surface area contributed by atoms with Crippen LogP contribution in [0.5, 0.6) is 0 Å². The van der Waals surface area contributed by atoms with Gasteiger partial charge in [0.1, 0.15) is 5.84 Å². The first-order valence-corrected chi connectivity index (χ1v) is 13.3. The van der Waals surface area contributed by atoms with E-state index in [2.05, 4.69) is 52.4 Å². The summed E-state index contributed by atoms with van der Waals surface area (Å²) in [5, 5.41) is 4.55. The average Bonchev–Trinajstić information content (AvgIpc) is 3.46. The Kier molecular flexibility index (Phi) is 5.60. The fourth-order valence-corrected chi connectivity index (χ4v) is 7.15. The van der Waals surface area contributed by atoms with Crippen molar-refractivity contribution in [1.29, 1.82) is 0 Å². The second kappa shape index (κ2) is 8.58. The first kappa shape index (κ1) is 20.9. The number of fused-ring (bicyclic) bond motifs is 3. The van der Waals surface area contributed by atoms with Crippen molar-refractivity contribution in [3.05, 3.63) is 47.0 Å². The Balaban J connectivity index is 1.37. The minimum atomic E-state index is 0.379. The zero-order valence-electron chi connectivity index (χ0n) is 18.7. The van der Waals surface area contributed by atoms with Gasteiger partial charge in [0.15, 0.2) is 0 Å². The summed E-state index contributed by atoms with van der Waals surface area (Å²) in [7, 11) is 0. The summed E-state index contributed by atoms with van der Waals surface area (Å²) in [6.45, 7) is 5.89. The molecule has 1 N–H and O–H groups in total. The number of anilines is 2. The quantitative estimate of drug-likeness (QED) is 0.590. The number of amidine groups is 1. The van der Waals surface area contributed by atoms with Crippen LogP contribution in [-0.2, 0) is 0 Å². The summed E-state index contributed by atoms with van der Waals surface area (Å²) < 4.78 is 0. The van der Waals surface area contributed by atoms with E-state index in [4.69, 9.17) is 16.6 Å². The summed E-state index contributed by atoms with van der Waals surface area (Å²) >= 11 is 8.21. The third kappa shape index (κ3) is 3.82. The Hall–Kier alpha value is -1.69. The second-order valence-corrected chi connectivity index (χ2v) is 11.2. The summed E-state index contributed by atoms with van der Waals surface area (Å²) in [6, 6.07) is 14.6. The number of aliphatic imine (C=N–C) groups is 1. The molecule has 6 heteroatoms. The van der Waals surface area contributed by atoms with Crippen molar-refractivity contribution < 1.29 is 0 Å². The maximum absolute atomic E-state index is 6.38. The van der Waals surface area contributed by atoms with Crippen LogP contribution in [0.25, 0.3) is 0 Å². The van der Waals surface area contributed by atoms with Crippen LogP contribution in [0.3, 0.4) is 0 Å². The van der Waals surface area contributed by atoms with Gasteiger partial charge in [-0.15, -0.1) is 0 Å². The van der Waals surface area contributed by atoms with Gasteiger partial charge in [-0.05, 0) is 76.0 Å². The molecule has 3 unspecified atom stereocenters. The standard InChI is InChI=1S/C26H31ClN4S/c1-17(16-30-12-4-5-13-30)31-22-10-9-19(27)15-25(22)32-24-11-8-18(14-23(24)31)26-28-20-6-2-3-7-21(20)29-26/h8-11,14-15,17,20-21H,2-7,12-13,16H2,1H3,(H,28,29). The largest absolute Gasteiger partial charge is 0.365 e. The number of hydrogen-bond donors (Lipinski definition) is 1. The van der Waals surface area contributed by atoms with Crippen molar-refractivity contribution in [1.82, 2.24) is 10.2 Å². The van der Waals surface area contributed by atoms with Crippen molar-refractivity contribution in [3.63, 3.8) is 0 Å². The van der Waals surface area contributed by atoms with Gasteiger partial charge >= 0.3 is 0 Å². The van der Waals surface area contributed by atoms with E-state index < -0.39 is 0 Å². The molecule has 2 fully saturated rings. The number of nitrogens with zero attached hydrogens (tertiary/aromatic N) is 3. The molecule has 0 bridgehead atoms. The number of rotatable bonds is 4. The predicted octanol–water partition coefficient (Wildman–Crippen LogP) is 6.09. The maximum atomic E-state index is 6.38. The fourth-order valence-electron chi connectivity index (χ4n) is 5.82. The van der Waals surface area contributed by atoms with E-state index in [9.17, 15) is 0 Å². The van der Waals surface area contributed by atoms with E-state index in [1.54, 1.807) is 0 Å². The Labute approximate surface area is 200 Å². The van der Waals surface area contributed by atoms with Crippen LogP contribution in [0, 0.1) is 0 Å². The second-order valence-electron chi connectivity index (χ2n) is 9.70. The molecular weight excluding hydrogens is 436 g/mol. The van der Waals surface area contributed by atoms with E-state index in [0.29, 0.717) is 18.1 Å². The first-order valence-electron chi connectivity index (χ1n) is 12.1. The summed E-state index contributed by atoms with van der Waals surface area (Å²) in [6.07, 6.45) is 7.73. The lowest BCUT2D eigenvalue weighted by Gasteiger charge is -2.39. The van der Waals surface area contributed by atoms with Gasteiger partial charge in [0.25, 0.3) is 0 Å². The molecule has 6 rings (SSSR count). The molecule has 1 saturated heterocycles. The maximum Gasteiger partial charge on any atom is 0.128 e. The molecule has 168 valence electrons. The molecule has 2 aromatic carbocycles.